The lowest BCUT2D eigenvalue weighted by molar-refractivity contribution is -0.147. The molecule has 0 radical (unpaired) electrons. The normalized spacial score (nSPS) is 28.4. The van der Waals surface area contributed by atoms with Crippen molar-refractivity contribution in [3.8, 4) is 0 Å². The van der Waals surface area contributed by atoms with E-state index in [0.717, 1.165) is 31.6 Å². The number of nitrogens with zero attached hydrogens (tertiary/aromatic N) is 1. The van der Waals surface area contributed by atoms with E-state index in [1.165, 1.54) is 0 Å². The summed E-state index contributed by atoms with van der Waals surface area (Å²) in [5.41, 5.74) is 0.341. The van der Waals surface area contributed by atoms with Crippen molar-refractivity contribution in [3.63, 3.8) is 0 Å². The van der Waals surface area contributed by atoms with E-state index in [4.69, 9.17) is 5.11 Å². The third-order valence-corrected chi connectivity index (χ3v) is 5.46. The highest BCUT2D eigenvalue weighted by Crippen LogP contribution is 2.40. The largest absolute Gasteiger partial charge is 0.481 e. The summed E-state index contributed by atoms with van der Waals surface area (Å²) in [6, 6.07) is 0. The molecule has 1 heterocycles. The van der Waals surface area contributed by atoms with Crippen LogP contribution in [0.15, 0.2) is 0 Å². The lowest BCUT2D eigenvalue weighted by Gasteiger charge is -2.39. The van der Waals surface area contributed by atoms with Crippen LogP contribution in [-0.2, 0) is 9.59 Å². The van der Waals surface area contributed by atoms with Crippen molar-refractivity contribution in [1.29, 1.82) is 0 Å². The Balaban J connectivity index is 1.82. The Morgan fingerprint density at radius 1 is 0.905 bits per heavy atom. The summed E-state index contributed by atoms with van der Waals surface area (Å²) >= 11 is 0. The standard InChI is InChI=1S/C17H29NO3/c1-17(2,3)14-6-4-12(5-7-14)15(19)18-10-8-13(9-11-18)16(20)21/h12-14H,4-11H2,1-3H3,(H,20,21). The zero-order chi connectivity index (χ0) is 15.6. The average Bonchev–Trinajstić information content (AvgIpc) is 2.46. The summed E-state index contributed by atoms with van der Waals surface area (Å²) < 4.78 is 0. The minimum atomic E-state index is -0.715. The van der Waals surface area contributed by atoms with Crippen LogP contribution >= 0.6 is 0 Å². The molecule has 1 N–H and O–H groups in total. The van der Waals surface area contributed by atoms with E-state index in [-0.39, 0.29) is 17.7 Å². The van der Waals surface area contributed by atoms with Crippen molar-refractivity contribution < 1.29 is 14.7 Å². The smallest absolute Gasteiger partial charge is 0.306 e. The maximum absolute atomic E-state index is 12.6. The molecule has 0 aromatic rings. The van der Waals surface area contributed by atoms with Gasteiger partial charge in [-0.1, -0.05) is 20.8 Å². The number of carboxylic acid groups (broad SMARTS) is 1. The topological polar surface area (TPSA) is 57.6 Å². The minimum Gasteiger partial charge on any atom is -0.481 e. The number of likely N-dealkylation sites (tertiary alicyclic amines) is 1. The van der Waals surface area contributed by atoms with Gasteiger partial charge in [0.05, 0.1) is 5.92 Å². The number of rotatable bonds is 2. The number of hydrogen-bond donors (Lipinski definition) is 1. The van der Waals surface area contributed by atoms with Gasteiger partial charge in [-0.2, -0.15) is 0 Å². The third kappa shape index (κ3) is 3.98. The van der Waals surface area contributed by atoms with Crippen LogP contribution in [0, 0.1) is 23.2 Å². The van der Waals surface area contributed by atoms with Crippen molar-refractivity contribution in [1.82, 2.24) is 4.90 Å². The van der Waals surface area contributed by atoms with Gasteiger partial charge < -0.3 is 10.0 Å². The Bertz CT molecular complexity index is 383. The minimum absolute atomic E-state index is 0.171. The molecule has 2 aliphatic rings. The van der Waals surface area contributed by atoms with Gasteiger partial charge in [-0.15, -0.1) is 0 Å². The first kappa shape index (κ1) is 16.3. The van der Waals surface area contributed by atoms with Crippen LogP contribution in [-0.4, -0.2) is 35.0 Å². The SMILES string of the molecule is CC(C)(C)C1CCC(C(=O)N2CCC(C(=O)O)CC2)CC1. The molecular formula is C17H29NO3. The molecular weight excluding hydrogens is 266 g/mol. The first-order valence-corrected chi connectivity index (χ1v) is 8.30. The van der Waals surface area contributed by atoms with Gasteiger partial charge in [0.15, 0.2) is 0 Å². The van der Waals surface area contributed by atoms with Gasteiger partial charge in [0, 0.05) is 19.0 Å². The number of piperidine rings is 1. The first-order valence-electron chi connectivity index (χ1n) is 8.30. The number of amides is 1. The van der Waals surface area contributed by atoms with Gasteiger partial charge in [0.1, 0.15) is 0 Å². The molecule has 1 amide bonds. The highest BCUT2D eigenvalue weighted by molar-refractivity contribution is 5.79. The molecule has 4 heteroatoms. The van der Waals surface area contributed by atoms with Crippen molar-refractivity contribution in [2.45, 2.75) is 59.3 Å². The molecule has 1 saturated carbocycles. The van der Waals surface area contributed by atoms with Crippen LogP contribution in [0.4, 0.5) is 0 Å². The van der Waals surface area contributed by atoms with Gasteiger partial charge in [-0.25, -0.2) is 0 Å². The number of carbonyl (C=O) groups excluding carboxylic acids is 1. The molecule has 0 aromatic carbocycles. The fourth-order valence-corrected chi connectivity index (χ4v) is 3.81. The van der Waals surface area contributed by atoms with Crippen LogP contribution in [0.2, 0.25) is 0 Å². The van der Waals surface area contributed by atoms with Gasteiger partial charge in [-0.3, -0.25) is 9.59 Å². The molecule has 0 aromatic heterocycles. The first-order chi connectivity index (χ1) is 9.79. The molecule has 1 aliphatic heterocycles. The number of hydrogen-bond acceptors (Lipinski definition) is 2. The van der Waals surface area contributed by atoms with Gasteiger partial charge in [0.2, 0.25) is 5.91 Å². The lowest BCUT2D eigenvalue weighted by atomic mass is 9.69. The molecule has 0 unspecified atom stereocenters. The zero-order valence-electron chi connectivity index (χ0n) is 13.6. The van der Waals surface area contributed by atoms with Crippen LogP contribution < -0.4 is 0 Å². The Morgan fingerprint density at radius 2 is 1.43 bits per heavy atom. The van der Waals surface area contributed by atoms with Crippen molar-refractivity contribution in [2.75, 3.05) is 13.1 Å². The summed E-state index contributed by atoms with van der Waals surface area (Å²) in [5, 5.41) is 9.01. The Kier molecular flexibility index (Phi) is 4.95. The number of aliphatic carboxylic acids is 1. The van der Waals surface area contributed by atoms with E-state index >= 15 is 0 Å². The van der Waals surface area contributed by atoms with E-state index in [2.05, 4.69) is 20.8 Å². The monoisotopic (exact) mass is 295 g/mol. The summed E-state index contributed by atoms with van der Waals surface area (Å²) in [4.78, 5) is 25.4. The molecule has 1 aliphatic carbocycles. The fraction of sp³-hybridized carbons (Fsp3) is 0.882. The van der Waals surface area contributed by atoms with Gasteiger partial charge >= 0.3 is 5.97 Å². The third-order valence-electron chi connectivity index (χ3n) is 5.46. The Labute approximate surface area is 127 Å². The van der Waals surface area contributed by atoms with E-state index < -0.39 is 5.97 Å². The van der Waals surface area contributed by atoms with Crippen molar-refractivity contribution >= 4 is 11.9 Å². The second-order valence-corrected chi connectivity index (χ2v) is 7.85. The molecule has 0 atom stereocenters. The summed E-state index contributed by atoms with van der Waals surface area (Å²) in [6.45, 7) is 8.10. The van der Waals surface area contributed by atoms with Crippen molar-refractivity contribution in [3.05, 3.63) is 0 Å². The predicted molar refractivity (Wildman–Crippen MR) is 81.8 cm³/mol. The molecule has 1 saturated heterocycles. The lowest BCUT2D eigenvalue weighted by Crippen LogP contribution is -2.44. The molecule has 0 bridgehead atoms. The Hall–Kier alpha value is -1.06. The van der Waals surface area contributed by atoms with E-state index in [1.807, 2.05) is 4.90 Å². The maximum Gasteiger partial charge on any atom is 0.306 e. The van der Waals surface area contributed by atoms with Crippen molar-refractivity contribution in [2.24, 2.45) is 23.2 Å². The number of carboxylic acids is 1. The van der Waals surface area contributed by atoms with E-state index in [9.17, 15) is 9.59 Å². The molecule has 120 valence electrons. The van der Waals surface area contributed by atoms with Crippen LogP contribution in [0.3, 0.4) is 0 Å². The van der Waals surface area contributed by atoms with Crippen LogP contribution in [0.1, 0.15) is 59.3 Å². The second kappa shape index (κ2) is 6.37. The molecule has 2 fully saturated rings. The van der Waals surface area contributed by atoms with Gasteiger partial charge in [0.25, 0.3) is 0 Å². The highest BCUT2D eigenvalue weighted by atomic mass is 16.4. The zero-order valence-corrected chi connectivity index (χ0v) is 13.6. The van der Waals surface area contributed by atoms with Crippen LogP contribution in [0.5, 0.6) is 0 Å². The quantitative estimate of drug-likeness (QED) is 0.851. The summed E-state index contributed by atoms with van der Waals surface area (Å²) in [7, 11) is 0. The molecule has 4 nitrogen and oxygen atoms in total. The summed E-state index contributed by atoms with van der Waals surface area (Å²) in [5.74, 6) is 0.189. The molecule has 2 rings (SSSR count). The summed E-state index contributed by atoms with van der Waals surface area (Å²) in [6.07, 6.45) is 5.51. The number of carbonyl (C=O) groups is 2. The maximum atomic E-state index is 12.6. The molecule has 0 spiro atoms. The highest BCUT2D eigenvalue weighted by Gasteiger charge is 2.35. The average molecular weight is 295 g/mol. The van der Waals surface area contributed by atoms with Crippen LogP contribution in [0.25, 0.3) is 0 Å². The van der Waals surface area contributed by atoms with E-state index in [1.54, 1.807) is 0 Å². The second-order valence-electron chi connectivity index (χ2n) is 7.85. The van der Waals surface area contributed by atoms with E-state index in [0.29, 0.717) is 31.3 Å². The predicted octanol–water partition coefficient (Wildman–Crippen LogP) is 3.16. The van der Waals surface area contributed by atoms with Gasteiger partial charge in [-0.05, 0) is 49.9 Å². The molecule has 21 heavy (non-hydrogen) atoms. The fourth-order valence-electron chi connectivity index (χ4n) is 3.81. The Morgan fingerprint density at radius 3 is 1.86 bits per heavy atom.